The minimum absolute atomic E-state index is 0.0993. The molecule has 0 fully saturated rings. The number of methoxy groups -OCH3 is 1. The maximum Gasteiger partial charge on any atom is 0.280 e. The van der Waals surface area contributed by atoms with E-state index in [1.165, 1.54) is 12.3 Å². The Morgan fingerprint density at radius 1 is 0.941 bits per heavy atom. The zero-order chi connectivity index (χ0) is 23.2. The number of aromatic nitrogens is 5. The number of alkyl halides is 2. The maximum absolute atomic E-state index is 13.9. The summed E-state index contributed by atoms with van der Waals surface area (Å²) in [7, 11) is 1.55. The highest BCUT2D eigenvalue weighted by Crippen LogP contribution is 2.37. The second-order valence-corrected chi connectivity index (χ2v) is 7.37. The molecular formula is C23H15F2N5O4. The lowest BCUT2D eigenvalue weighted by atomic mass is 10.1. The first-order valence-electron chi connectivity index (χ1n) is 10.2. The molecule has 0 spiro atoms. The molecule has 34 heavy (non-hydrogen) atoms. The first kappa shape index (κ1) is 20.1. The fraction of sp³-hybridized carbons (Fsp3) is 0.130. The van der Waals surface area contributed by atoms with Gasteiger partial charge in [-0.25, -0.2) is 18.3 Å². The Morgan fingerprint density at radius 3 is 2.50 bits per heavy atom. The van der Waals surface area contributed by atoms with Crippen molar-refractivity contribution < 1.29 is 27.4 Å². The third-order valence-corrected chi connectivity index (χ3v) is 5.38. The maximum atomic E-state index is 13.9. The van der Waals surface area contributed by atoms with Gasteiger partial charge in [-0.05, 0) is 48.5 Å². The lowest BCUT2D eigenvalue weighted by Gasteiger charge is -2.08. The Balaban J connectivity index is 1.44. The average Bonchev–Trinajstić information content (AvgIpc) is 3.61. The molecule has 9 nitrogen and oxygen atoms in total. The lowest BCUT2D eigenvalue weighted by molar-refractivity contribution is 0.143. The molecular weight excluding hydrogens is 448 g/mol. The van der Waals surface area contributed by atoms with Gasteiger partial charge in [0, 0.05) is 11.1 Å². The van der Waals surface area contributed by atoms with Gasteiger partial charge in [0.25, 0.3) is 12.3 Å². The molecule has 0 bridgehead atoms. The van der Waals surface area contributed by atoms with Crippen molar-refractivity contribution in [2.24, 2.45) is 0 Å². The molecule has 0 unspecified atom stereocenters. The molecule has 1 aliphatic rings. The lowest BCUT2D eigenvalue weighted by Crippen LogP contribution is -2.02. The Hall–Kier alpha value is -4.54. The molecule has 1 aliphatic heterocycles. The Morgan fingerprint density at radius 2 is 1.71 bits per heavy atom. The number of nitrogens with zero attached hydrogens (tertiary/aromatic N) is 5. The summed E-state index contributed by atoms with van der Waals surface area (Å²) >= 11 is 0. The number of rotatable bonds is 5. The fourth-order valence-corrected chi connectivity index (χ4v) is 3.68. The molecule has 6 rings (SSSR count). The number of benzene rings is 2. The molecule has 3 aromatic heterocycles. The van der Waals surface area contributed by atoms with Gasteiger partial charge in [-0.15, -0.1) is 10.2 Å². The van der Waals surface area contributed by atoms with Crippen LogP contribution in [-0.2, 0) is 0 Å². The first-order valence-corrected chi connectivity index (χ1v) is 10.2. The third kappa shape index (κ3) is 3.29. The van der Waals surface area contributed by atoms with Crippen LogP contribution >= 0.6 is 0 Å². The summed E-state index contributed by atoms with van der Waals surface area (Å²) in [6, 6.07) is 13.5. The second kappa shape index (κ2) is 7.80. The highest BCUT2D eigenvalue weighted by atomic mass is 19.3. The molecule has 2 aromatic carbocycles. The van der Waals surface area contributed by atoms with Crippen molar-refractivity contribution >= 4 is 5.65 Å². The first-order chi connectivity index (χ1) is 16.6. The monoisotopic (exact) mass is 463 g/mol. The van der Waals surface area contributed by atoms with Gasteiger partial charge in [0.1, 0.15) is 17.0 Å². The van der Waals surface area contributed by atoms with E-state index in [1.54, 1.807) is 49.6 Å². The number of hydrogen-bond donors (Lipinski definition) is 0. The number of ether oxygens (including phenoxy) is 3. The summed E-state index contributed by atoms with van der Waals surface area (Å²) in [5.41, 5.74) is 1.81. The molecule has 170 valence electrons. The minimum atomic E-state index is -2.78. The topological polar surface area (TPSA) is 96.8 Å². The van der Waals surface area contributed by atoms with Crippen LogP contribution in [-0.4, -0.2) is 38.7 Å². The second-order valence-electron chi connectivity index (χ2n) is 7.37. The van der Waals surface area contributed by atoms with E-state index in [4.69, 9.17) is 18.6 Å². The van der Waals surface area contributed by atoms with E-state index in [2.05, 4.69) is 20.3 Å². The zero-order valence-electron chi connectivity index (χ0n) is 17.6. The van der Waals surface area contributed by atoms with Crippen LogP contribution in [0.25, 0.3) is 39.8 Å². The molecule has 0 atom stereocenters. The standard InChI is InChI=1S/C23H15F2N5O4/c1-31-14-5-2-12(3-6-14)16-9-17(20(24)25)30-21(27-16)15(10-26-30)23-29-28-22(34-23)13-4-7-18-19(8-13)33-11-32-18/h2-10,20H,11H2,1H3. The molecule has 5 aromatic rings. The molecule has 0 saturated carbocycles. The molecule has 0 N–H and O–H groups in total. The molecule has 0 amide bonds. The number of halogens is 2. The largest absolute Gasteiger partial charge is 0.497 e. The van der Waals surface area contributed by atoms with Gasteiger partial charge in [-0.1, -0.05) is 0 Å². The number of hydrogen-bond acceptors (Lipinski definition) is 8. The minimum Gasteiger partial charge on any atom is -0.497 e. The van der Waals surface area contributed by atoms with Crippen molar-refractivity contribution in [3.8, 4) is 51.4 Å². The van der Waals surface area contributed by atoms with Crippen LogP contribution in [0.15, 0.2) is 59.1 Å². The van der Waals surface area contributed by atoms with E-state index in [0.717, 1.165) is 4.52 Å². The smallest absolute Gasteiger partial charge is 0.280 e. The third-order valence-electron chi connectivity index (χ3n) is 5.38. The molecule has 0 saturated heterocycles. The fourth-order valence-electron chi connectivity index (χ4n) is 3.68. The average molecular weight is 463 g/mol. The molecule has 0 aliphatic carbocycles. The van der Waals surface area contributed by atoms with E-state index in [1.807, 2.05) is 0 Å². The van der Waals surface area contributed by atoms with Gasteiger partial charge in [-0.3, -0.25) is 0 Å². The van der Waals surface area contributed by atoms with Gasteiger partial charge in [-0.2, -0.15) is 5.10 Å². The summed E-state index contributed by atoms with van der Waals surface area (Å²) < 4.78 is 50.5. The van der Waals surface area contributed by atoms with Crippen LogP contribution < -0.4 is 14.2 Å². The zero-order valence-corrected chi connectivity index (χ0v) is 17.6. The molecule has 0 radical (unpaired) electrons. The van der Waals surface area contributed by atoms with E-state index < -0.39 is 6.43 Å². The normalized spacial score (nSPS) is 12.6. The Bertz CT molecular complexity index is 1510. The van der Waals surface area contributed by atoms with Crippen molar-refractivity contribution in [3.63, 3.8) is 0 Å². The van der Waals surface area contributed by atoms with Gasteiger partial charge in [0.2, 0.25) is 12.7 Å². The van der Waals surface area contributed by atoms with Crippen molar-refractivity contribution in [3.05, 3.63) is 60.4 Å². The van der Waals surface area contributed by atoms with Gasteiger partial charge < -0.3 is 18.6 Å². The van der Waals surface area contributed by atoms with Crippen molar-refractivity contribution in [1.29, 1.82) is 0 Å². The summed E-state index contributed by atoms with van der Waals surface area (Å²) in [5, 5.41) is 12.3. The molecule has 11 heteroatoms. The SMILES string of the molecule is COc1ccc(-c2cc(C(F)F)n3ncc(-c4nnc(-c5ccc6c(c5)OCO6)o4)c3n2)cc1. The van der Waals surface area contributed by atoms with Crippen molar-refractivity contribution in [1.82, 2.24) is 24.8 Å². The summed E-state index contributed by atoms with van der Waals surface area (Å²) in [6.45, 7) is 0.144. The van der Waals surface area contributed by atoms with E-state index in [0.29, 0.717) is 39.6 Å². The van der Waals surface area contributed by atoms with Gasteiger partial charge in [0.15, 0.2) is 17.1 Å². The quantitative estimate of drug-likeness (QED) is 0.367. The van der Waals surface area contributed by atoms with Crippen molar-refractivity contribution in [2.45, 2.75) is 6.43 Å². The van der Waals surface area contributed by atoms with E-state index >= 15 is 0 Å². The summed E-state index contributed by atoms with van der Waals surface area (Å²) in [4.78, 5) is 4.57. The predicted molar refractivity (Wildman–Crippen MR) is 115 cm³/mol. The van der Waals surface area contributed by atoms with Crippen LogP contribution in [0.3, 0.4) is 0 Å². The highest BCUT2D eigenvalue weighted by molar-refractivity contribution is 5.75. The van der Waals surface area contributed by atoms with Gasteiger partial charge >= 0.3 is 0 Å². The highest BCUT2D eigenvalue weighted by Gasteiger charge is 2.23. The van der Waals surface area contributed by atoms with Crippen LogP contribution in [0.2, 0.25) is 0 Å². The van der Waals surface area contributed by atoms with Crippen molar-refractivity contribution in [2.75, 3.05) is 13.9 Å². The Labute approximate surface area is 190 Å². The number of fused-ring (bicyclic) bond motifs is 2. The van der Waals surface area contributed by atoms with Gasteiger partial charge in [0.05, 0.1) is 19.0 Å². The van der Waals surface area contributed by atoms with Crippen LogP contribution in [0.5, 0.6) is 17.2 Å². The summed E-state index contributed by atoms with van der Waals surface area (Å²) in [5.74, 6) is 2.17. The predicted octanol–water partition coefficient (Wildman–Crippen LogP) is 4.79. The molecule has 4 heterocycles. The Kier molecular flexibility index (Phi) is 4.61. The van der Waals surface area contributed by atoms with E-state index in [9.17, 15) is 8.78 Å². The van der Waals surface area contributed by atoms with Crippen LogP contribution in [0, 0.1) is 0 Å². The summed E-state index contributed by atoms with van der Waals surface area (Å²) in [6.07, 6.45) is -1.40. The van der Waals surface area contributed by atoms with E-state index in [-0.39, 0.29) is 29.9 Å². The van der Waals surface area contributed by atoms with Crippen LogP contribution in [0.1, 0.15) is 12.1 Å². The van der Waals surface area contributed by atoms with Crippen LogP contribution in [0.4, 0.5) is 8.78 Å².